The summed E-state index contributed by atoms with van der Waals surface area (Å²) in [7, 11) is -4.42. The van der Waals surface area contributed by atoms with Crippen molar-refractivity contribution in [1.82, 2.24) is 4.72 Å². The summed E-state index contributed by atoms with van der Waals surface area (Å²) in [4.78, 5) is 0.0817. The van der Waals surface area contributed by atoms with Crippen LogP contribution in [-0.2, 0) is 19.3 Å². The SMILES string of the molecule is CC1(C)OB(c2ccc(S(=O)(=O)NC(CO)c3cccc(Cl)c3)cc2)OC1(C)C. The van der Waals surface area contributed by atoms with Gasteiger partial charge in [0, 0.05) is 5.02 Å². The van der Waals surface area contributed by atoms with Gasteiger partial charge in [-0.3, -0.25) is 0 Å². The molecule has 3 rings (SSSR count). The average molecular weight is 438 g/mol. The molecule has 2 N–H and O–H groups in total. The van der Waals surface area contributed by atoms with E-state index in [-0.39, 0.29) is 4.90 Å². The molecule has 2 aromatic carbocycles. The number of hydrogen-bond donors (Lipinski definition) is 2. The van der Waals surface area contributed by atoms with Gasteiger partial charge in [0.1, 0.15) is 0 Å². The lowest BCUT2D eigenvalue weighted by Gasteiger charge is -2.32. The number of halogens is 1. The second-order valence-electron chi connectivity index (χ2n) is 8.07. The van der Waals surface area contributed by atoms with E-state index in [1.165, 1.54) is 12.1 Å². The maximum absolute atomic E-state index is 12.8. The van der Waals surface area contributed by atoms with E-state index in [0.717, 1.165) is 5.46 Å². The first-order valence-corrected chi connectivity index (χ1v) is 11.2. The highest BCUT2D eigenvalue weighted by Crippen LogP contribution is 2.36. The lowest BCUT2D eigenvalue weighted by molar-refractivity contribution is 0.00578. The molecule has 1 fully saturated rings. The third-order valence-electron chi connectivity index (χ3n) is 5.45. The van der Waals surface area contributed by atoms with Crippen molar-refractivity contribution in [3.63, 3.8) is 0 Å². The Hall–Kier alpha value is -1.42. The van der Waals surface area contributed by atoms with Crippen LogP contribution in [0.4, 0.5) is 0 Å². The third kappa shape index (κ3) is 4.68. The Kier molecular flexibility index (Phi) is 6.16. The lowest BCUT2D eigenvalue weighted by atomic mass is 9.79. The second kappa shape index (κ2) is 8.02. The van der Waals surface area contributed by atoms with Gasteiger partial charge in [0.05, 0.1) is 28.7 Å². The summed E-state index contributed by atoms with van der Waals surface area (Å²) in [6.07, 6.45) is 0. The van der Waals surface area contributed by atoms with Gasteiger partial charge >= 0.3 is 7.12 Å². The van der Waals surface area contributed by atoms with Crippen LogP contribution < -0.4 is 10.2 Å². The molecule has 0 spiro atoms. The molecule has 6 nitrogen and oxygen atoms in total. The molecule has 1 aliphatic rings. The first-order valence-electron chi connectivity index (χ1n) is 9.29. The van der Waals surface area contributed by atoms with E-state index in [4.69, 9.17) is 20.9 Å². The molecule has 0 aromatic heterocycles. The molecule has 9 heteroatoms. The zero-order valence-corrected chi connectivity index (χ0v) is 18.4. The van der Waals surface area contributed by atoms with E-state index in [9.17, 15) is 13.5 Å². The van der Waals surface area contributed by atoms with E-state index in [1.54, 1.807) is 36.4 Å². The molecule has 0 saturated carbocycles. The van der Waals surface area contributed by atoms with Crippen LogP contribution in [0.15, 0.2) is 53.4 Å². The van der Waals surface area contributed by atoms with Gasteiger partial charge in [0.25, 0.3) is 0 Å². The van der Waals surface area contributed by atoms with Crippen molar-refractivity contribution in [3.8, 4) is 0 Å². The van der Waals surface area contributed by atoms with Gasteiger partial charge in [-0.2, -0.15) is 0 Å². The zero-order chi connectivity index (χ0) is 21.4. The summed E-state index contributed by atoms with van der Waals surface area (Å²) in [5.74, 6) is 0. The van der Waals surface area contributed by atoms with Crippen LogP contribution in [-0.4, -0.2) is 38.5 Å². The van der Waals surface area contributed by atoms with Gasteiger partial charge < -0.3 is 14.4 Å². The van der Waals surface area contributed by atoms with Crippen molar-refractivity contribution in [2.75, 3.05) is 6.61 Å². The molecule has 1 heterocycles. The van der Waals surface area contributed by atoms with Gasteiger partial charge in [-0.15, -0.1) is 0 Å². The highest BCUT2D eigenvalue weighted by Gasteiger charge is 2.51. The van der Waals surface area contributed by atoms with Crippen LogP contribution in [0.25, 0.3) is 0 Å². The summed E-state index contributed by atoms with van der Waals surface area (Å²) in [5.41, 5.74) is 0.360. The van der Waals surface area contributed by atoms with Crippen LogP contribution in [0.3, 0.4) is 0 Å². The average Bonchev–Trinajstić information content (AvgIpc) is 2.87. The van der Waals surface area contributed by atoms with Crippen molar-refractivity contribution >= 4 is 34.2 Å². The van der Waals surface area contributed by atoms with Crippen molar-refractivity contribution in [3.05, 3.63) is 59.1 Å². The number of aliphatic hydroxyl groups excluding tert-OH is 1. The molecule has 0 amide bonds. The summed E-state index contributed by atoms with van der Waals surface area (Å²) >= 11 is 5.97. The van der Waals surface area contributed by atoms with E-state index >= 15 is 0 Å². The maximum Gasteiger partial charge on any atom is 0.494 e. The number of aliphatic hydroxyl groups is 1. The summed E-state index contributed by atoms with van der Waals surface area (Å²) in [5, 5.41) is 10.1. The Balaban J connectivity index is 1.78. The first kappa shape index (κ1) is 22.3. The number of sulfonamides is 1. The maximum atomic E-state index is 12.8. The van der Waals surface area contributed by atoms with Gasteiger partial charge in [-0.25, -0.2) is 13.1 Å². The van der Waals surface area contributed by atoms with Gasteiger partial charge in [0.15, 0.2) is 0 Å². The molecular weight excluding hydrogens is 413 g/mol. The van der Waals surface area contributed by atoms with Crippen LogP contribution in [0.1, 0.15) is 39.3 Å². The van der Waals surface area contributed by atoms with E-state index in [0.29, 0.717) is 10.6 Å². The molecular formula is C20H25BClNO5S. The third-order valence-corrected chi connectivity index (χ3v) is 7.17. The van der Waals surface area contributed by atoms with Gasteiger partial charge in [0.2, 0.25) is 10.0 Å². The predicted molar refractivity (Wildman–Crippen MR) is 114 cm³/mol. The second-order valence-corrected chi connectivity index (χ2v) is 10.2. The molecule has 1 atom stereocenters. The van der Waals surface area contributed by atoms with Crippen LogP contribution in [0.2, 0.25) is 5.02 Å². The minimum Gasteiger partial charge on any atom is -0.399 e. The summed E-state index contributed by atoms with van der Waals surface area (Å²) in [6.45, 7) is 7.44. The highest BCUT2D eigenvalue weighted by molar-refractivity contribution is 7.89. The Labute approximate surface area is 177 Å². The zero-order valence-electron chi connectivity index (χ0n) is 16.8. The Morgan fingerprint density at radius 2 is 1.66 bits per heavy atom. The Morgan fingerprint density at radius 1 is 1.07 bits per heavy atom. The topological polar surface area (TPSA) is 84.9 Å². The number of nitrogens with one attached hydrogen (secondary N) is 1. The minimum absolute atomic E-state index is 0.0817. The molecule has 29 heavy (non-hydrogen) atoms. The highest BCUT2D eigenvalue weighted by atomic mass is 35.5. The van der Waals surface area contributed by atoms with Crippen LogP contribution in [0.5, 0.6) is 0 Å². The van der Waals surface area contributed by atoms with E-state index in [1.807, 2.05) is 27.7 Å². The fourth-order valence-electron chi connectivity index (χ4n) is 2.97. The molecule has 156 valence electrons. The number of hydrogen-bond acceptors (Lipinski definition) is 5. The normalized spacial score (nSPS) is 19.3. The van der Waals surface area contributed by atoms with Crippen molar-refractivity contribution < 1.29 is 22.8 Å². The molecule has 0 bridgehead atoms. The smallest absolute Gasteiger partial charge is 0.399 e. The lowest BCUT2D eigenvalue weighted by Crippen LogP contribution is -2.41. The standard InChI is InChI=1S/C20H25BClNO5S/c1-19(2)20(3,4)28-21(27-19)15-8-10-17(11-9-15)29(25,26)23-18(13-24)14-6-5-7-16(22)12-14/h5-12,18,23-24H,13H2,1-4H3. The number of rotatable bonds is 6. The fourth-order valence-corrected chi connectivity index (χ4v) is 4.39. The van der Waals surface area contributed by atoms with Crippen LogP contribution >= 0.6 is 11.6 Å². The Morgan fingerprint density at radius 3 is 2.17 bits per heavy atom. The predicted octanol–water partition coefficient (Wildman–Crippen LogP) is 2.65. The number of benzene rings is 2. The molecule has 0 radical (unpaired) electrons. The summed E-state index contributed by atoms with van der Waals surface area (Å²) < 4.78 is 40.1. The first-order chi connectivity index (χ1) is 13.4. The molecule has 1 aliphatic heterocycles. The molecule has 0 aliphatic carbocycles. The monoisotopic (exact) mass is 437 g/mol. The van der Waals surface area contributed by atoms with Crippen LogP contribution in [0, 0.1) is 0 Å². The van der Waals surface area contributed by atoms with Gasteiger partial charge in [-0.1, -0.05) is 35.9 Å². The fraction of sp³-hybridized carbons (Fsp3) is 0.400. The molecule has 2 aromatic rings. The minimum atomic E-state index is -3.85. The molecule has 1 unspecified atom stereocenters. The van der Waals surface area contributed by atoms with E-state index in [2.05, 4.69) is 4.72 Å². The molecule has 1 saturated heterocycles. The largest absolute Gasteiger partial charge is 0.494 e. The quantitative estimate of drug-likeness (QED) is 0.679. The van der Waals surface area contributed by atoms with Crippen molar-refractivity contribution in [1.29, 1.82) is 0 Å². The Bertz CT molecular complexity index is 963. The van der Waals surface area contributed by atoms with E-state index < -0.39 is 41.0 Å². The van der Waals surface area contributed by atoms with Gasteiger partial charge in [-0.05, 0) is 63.0 Å². The summed E-state index contributed by atoms with van der Waals surface area (Å²) in [6, 6.07) is 12.2. The van der Waals surface area contributed by atoms with Crippen molar-refractivity contribution in [2.45, 2.75) is 49.8 Å². The van der Waals surface area contributed by atoms with Crippen molar-refractivity contribution in [2.24, 2.45) is 0 Å².